The van der Waals surface area contributed by atoms with Gasteiger partial charge in [0.15, 0.2) is 0 Å². The van der Waals surface area contributed by atoms with Crippen molar-refractivity contribution in [2.24, 2.45) is 0 Å². The molecule has 0 heterocycles. The Kier molecular flexibility index (Phi) is 5.10. The second-order valence-corrected chi connectivity index (χ2v) is 5.12. The highest BCUT2D eigenvalue weighted by molar-refractivity contribution is 5.75. The molecule has 0 aliphatic heterocycles. The summed E-state index contributed by atoms with van der Waals surface area (Å²) in [5.74, 6) is -0.782. The number of hydrogen-bond donors (Lipinski definition) is 2. The number of aryl methyl sites for hydroxylation is 1. The first kappa shape index (κ1) is 15.2. The zero-order valence-corrected chi connectivity index (χ0v) is 11.9. The van der Waals surface area contributed by atoms with Gasteiger partial charge in [-0.2, -0.15) is 0 Å². The molecule has 1 atom stereocenters. The molecule has 2 N–H and O–H groups in total. The fraction of sp³-hybridized carbons (Fsp3) is 0.467. The van der Waals surface area contributed by atoms with Gasteiger partial charge in [-0.25, -0.2) is 0 Å². The Bertz CT molecular complexity index is 464. The molecule has 0 spiro atoms. The second-order valence-electron chi connectivity index (χ2n) is 5.12. The van der Waals surface area contributed by atoms with Crippen LogP contribution in [-0.2, 0) is 9.59 Å². The number of carboxylic acids is 1. The van der Waals surface area contributed by atoms with E-state index in [0.717, 1.165) is 16.7 Å². The Morgan fingerprint density at radius 1 is 1.32 bits per heavy atom. The third kappa shape index (κ3) is 4.39. The van der Waals surface area contributed by atoms with Crippen LogP contribution in [-0.4, -0.2) is 17.0 Å². The van der Waals surface area contributed by atoms with Gasteiger partial charge in [0.2, 0.25) is 5.91 Å². The summed E-state index contributed by atoms with van der Waals surface area (Å²) in [6, 6.07) is 5.52. The smallest absolute Gasteiger partial charge is 0.305 e. The fourth-order valence-corrected chi connectivity index (χ4v) is 2.05. The summed E-state index contributed by atoms with van der Waals surface area (Å²) in [6.45, 7) is 7.49. The van der Waals surface area contributed by atoms with Crippen LogP contribution >= 0.6 is 0 Å². The van der Waals surface area contributed by atoms with Crippen molar-refractivity contribution in [2.75, 3.05) is 0 Å². The van der Waals surface area contributed by atoms with E-state index in [1.54, 1.807) is 0 Å². The summed E-state index contributed by atoms with van der Waals surface area (Å²) in [7, 11) is 0. The third-order valence-corrected chi connectivity index (χ3v) is 3.10. The van der Waals surface area contributed by atoms with Crippen molar-refractivity contribution in [3.05, 3.63) is 34.9 Å². The lowest BCUT2D eigenvalue weighted by Gasteiger charge is -2.20. The van der Waals surface area contributed by atoms with Crippen LogP contribution in [0.3, 0.4) is 0 Å². The van der Waals surface area contributed by atoms with E-state index in [0.29, 0.717) is 5.92 Å². The van der Waals surface area contributed by atoms with Crippen molar-refractivity contribution in [2.45, 2.75) is 46.1 Å². The molecule has 0 aliphatic carbocycles. The van der Waals surface area contributed by atoms with Gasteiger partial charge in [-0.15, -0.1) is 0 Å². The van der Waals surface area contributed by atoms with Crippen LogP contribution in [0.2, 0.25) is 0 Å². The summed E-state index contributed by atoms with van der Waals surface area (Å²) in [6.07, 6.45) is -0.109. The van der Waals surface area contributed by atoms with E-state index in [2.05, 4.69) is 19.2 Å². The minimum atomic E-state index is -0.923. The maximum Gasteiger partial charge on any atom is 0.305 e. The van der Waals surface area contributed by atoms with Gasteiger partial charge in [-0.1, -0.05) is 32.0 Å². The summed E-state index contributed by atoms with van der Waals surface area (Å²) >= 11 is 0. The molecule has 1 aromatic carbocycles. The average molecular weight is 263 g/mol. The number of carboxylic acid groups (broad SMARTS) is 1. The van der Waals surface area contributed by atoms with Crippen LogP contribution in [0.1, 0.15) is 55.8 Å². The van der Waals surface area contributed by atoms with Crippen molar-refractivity contribution in [1.82, 2.24) is 5.32 Å². The standard InChI is InChI=1S/C15H21NO3/c1-9(2)12-6-5-10(3)13(7-12)14(8-15(18)19)16-11(4)17/h5-7,9,14H,8H2,1-4H3,(H,16,17)(H,18,19). The quantitative estimate of drug-likeness (QED) is 0.858. The Labute approximate surface area is 113 Å². The minimum Gasteiger partial charge on any atom is -0.481 e. The van der Waals surface area contributed by atoms with Gasteiger partial charge in [0.25, 0.3) is 0 Å². The van der Waals surface area contributed by atoms with Crippen molar-refractivity contribution in [3.63, 3.8) is 0 Å². The number of carbonyl (C=O) groups excluding carboxylic acids is 1. The molecule has 104 valence electrons. The van der Waals surface area contributed by atoms with Gasteiger partial charge in [0.05, 0.1) is 12.5 Å². The molecule has 0 aliphatic rings. The van der Waals surface area contributed by atoms with Crippen molar-refractivity contribution >= 4 is 11.9 Å². The Morgan fingerprint density at radius 2 is 1.95 bits per heavy atom. The van der Waals surface area contributed by atoms with Gasteiger partial charge >= 0.3 is 5.97 Å². The zero-order chi connectivity index (χ0) is 14.6. The molecule has 4 heteroatoms. The van der Waals surface area contributed by atoms with E-state index in [1.807, 2.05) is 25.1 Å². The van der Waals surface area contributed by atoms with Crippen molar-refractivity contribution in [1.29, 1.82) is 0 Å². The topological polar surface area (TPSA) is 66.4 Å². The molecule has 4 nitrogen and oxygen atoms in total. The maximum absolute atomic E-state index is 11.2. The molecule has 0 saturated heterocycles. The first-order valence-electron chi connectivity index (χ1n) is 6.40. The van der Waals surface area contributed by atoms with Crippen LogP contribution in [0.5, 0.6) is 0 Å². The highest BCUT2D eigenvalue weighted by Gasteiger charge is 2.19. The average Bonchev–Trinajstić information content (AvgIpc) is 2.27. The first-order chi connectivity index (χ1) is 8.81. The summed E-state index contributed by atoms with van der Waals surface area (Å²) in [5, 5.41) is 11.7. The summed E-state index contributed by atoms with van der Waals surface area (Å²) in [5.41, 5.74) is 3.01. The highest BCUT2D eigenvalue weighted by atomic mass is 16.4. The fourth-order valence-electron chi connectivity index (χ4n) is 2.05. The van der Waals surface area contributed by atoms with Gasteiger partial charge in [0.1, 0.15) is 0 Å². The van der Waals surface area contributed by atoms with E-state index >= 15 is 0 Å². The number of nitrogens with one attached hydrogen (secondary N) is 1. The third-order valence-electron chi connectivity index (χ3n) is 3.10. The van der Waals surface area contributed by atoms with Crippen molar-refractivity contribution in [3.8, 4) is 0 Å². The number of benzene rings is 1. The molecule has 0 fully saturated rings. The van der Waals surface area contributed by atoms with E-state index in [1.165, 1.54) is 6.92 Å². The van der Waals surface area contributed by atoms with Gasteiger partial charge in [0, 0.05) is 6.92 Å². The van der Waals surface area contributed by atoms with Crippen LogP contribution in [0.25, 0.3) is 0 Å². The molecule has 19 heavy (non-hydrogen) atoms. The number of aliphatic carboxylic acids is 1. The Balaban J connectivity index is 3.15. The number of rotatable bonds is 5. The van der Waals surface area contributed by atoms with Crippen LogP contribution in [0.15, 0.2) is 18.2 Å². The predicted octanol–water partition coefficient (Wildman–Crippen LogP) is 2.77. The Morgan fingerprint density at radius 3 is 2.42 bits per heavy atom. The molecule has 1 aromatic rings. The van der Waals surface area contributed by atoms with Crippen LogP contribution < -0.4 is 5.32 Å². The molecule has 0 aromatic heterocycles. The summed E-state index contributed by atoms with van der Waals surface area (Å²) in [4.78, 5) is 22.2. The molecular formula is C15H21NO3. The van der Waals surface area contributed by atoms with Crippen LogP contribution in [0.4, 0.5) is 0 Å². The predicted molar refractivity (Wildman–Crippen MR) is 74.1 cm³/mol. The molecule has 0 radical (unpaired) electrons. The van der Waals surface area contributed by atoms with Crippen molar-refractivity contribution < 1.29 is 14.7 Å². The van der Waals surface area contributed by atoms with Crippen LogP contribution in [0, 0.1) is 6.92 Å². The largest absolute Gasteiger partial charge is 0.481 e. The lowest BCUT2D eigenvalue weighted by atomic mass is 9.92. The Hall–Kier alpha value is -1.84. The lowest BCUT2D eigenvalue weighted by Crippen LogP contribution is -2.28. The number of carbonyl (C=O) groups is 2. The van der Waals surface area contributed by atoms with Gasteiger partial charge in [-0.05, 0) is 29.5 Å². The maximum atomic E-state index is 11.2. The normalized spacial score (nSPS) is 12.3. The zero-order valence-electron chi connectivity index (χ0n) is 11.9. The van der Waals surface area contributed by atoms with E-state index in [-0.39, 0.29) is 12.3 Å². The monoisotopic (exact) mass is 263 g/mol. The van der Waals surface area contributed by atoms with Gasteiger partial charge in [-0.3, -0.25) is 9.59 Å². The molecule has 1 rings (SSSR count). The molecule has 0 saturated carbocycles. The molecule has 0 bridgehead atoms. The SMILES string of the molecule is CC(=O)NC(CC(=O)O)c1cc(C(C)C)ccc1C. The highest BCUT2D eigenvalue weighted by Crippen LogP contribution is 2.25. The lowest BCUT2D eigenvalue weighted by molar-refractivity contribution is -0.137. The number of amides is 1. The summed E-state index contributed by atoms with van der Waals surface area (Å²) < 4.78 is 0. The van der Waals surface area contributed by atoms with Gasteiger partial charge < -0.3 is 10.4 Å². The molecule has 1 unspecified atom stereocenters. The molecule has 1 amide bonds. The van der Waals surface area contributed by atoms with E-state index in [9.17, 15) is 9.59 Å². The molecular weight excluding hydrogens is 242 g/mol. The first-order valence-corrected chi connectivity index (χ1v) is 6.40. The number of hydrogen-bond acceptors (Lipinski definition) is 2. The van der Waals surface area contributed by atoms with E-state index < -0.39 is 12.0 Å². The second kappa shape index (κ2) is 6.36. The van der Waals surface area contributed by atoms with E-state index in [4.69, 9.17) is 5.11 Å². The minimum absolute atomic E-state index is 0.109.